The number of ether oxygens (including phenoxy) is 2. The van der Waals surface area contributed by atoms with Crippen molar-refractivity contribution in [3.05, 3.63) is 95.6 Å². The Kier molecular flexibility index (Phi) is 6.37. The van der Waals surface area contributed by atoms with Crippen LogP contribution in [0.3, 0.4) is 0 Å². The maximum atomic E-state index is 14.8. The monoisotopic (exact) mass is 492 g/mol. The molecule has 184 valence electrons. The molecule has 0 amide bonds. The van der Waals surface area contributed by atoms with Crippen LogP contribution in [-0.4, -0.2) is 21.5 Å². The van der Waals surface area contributed by atoms with Crippen molar-refractivity contribution in [2.45, 2.75) is 26.0 Å². The number of hydrogen-bond donors (Lipinski definition) is 1. The van der Waals surface area contributed by atoms with E-state index >= 15 is 0 Å². The second kappa shape index (κ2) is 9.77. The molecule has 0 bridgehead atoms. The number of alkyl halides is 2. The van der Waals surface area contributed by atoms with E-state index in [2.05, 4.69) is 15.3 Å². The Morgan fingerprint density at radius 1 is 1.00 bits per heavy atom. The Bertz CT molecular complexity index is 1520. The Hall–Kier alpha value is -4.27. The molecule has 6 nitrogen and oxygen atoms in total. The van der Waals surface area contributed by atoms with Gasteiger partial charge in [-0.25, -0.2) is 18.2 Å². The molecule has 0 fully saturated rings. The summed E-state index contributed by atoms with van der Waals surface area (Å²) < 4.78 is 54.8. The molecule has 2 aromatic heterocycles. The molecule has 0 saturated heterocycles. The molecule has 5 aromatic rings. The molecule has 3 aromatic carbocycles. The number of anilines is 1. The van der Waals surface area contributed by atoms with Crippen LogP contribution in [0.5, 0.6) is 11.5 Å². The van der Waals surface area contributed by atoms with Crippen molar-refractivity contribution in [3.8, 4) is 11.5 Å². The van der Waals surface area contributed by atoms with Crippen LogP contribution in [0.25, 0.3) is 16.7 Å². The first-order chi connectivity index (χ1) is 17.5. The van der Waals surface area contributed by atoms with Crippen LogP contribution in [0.1, 0.15) is 36.1 Å². The number of nitrogens with one attached hydrogen (secondary N) is 1. The zero-order valence-corrected chi connectivity index (χ0v) is 19.6. The van der Waals surface area contributed by atoms with E-state index in [0.29, 0.717) is 35.1 Å². The highest BCUT2D eigenvalue weighted by atomic mass is 19.3. The molecule has 0 unspecified atom stereocenters. The van der Waals surface area contributed by atoms with E-state index in [1.54, 1.807) is 36.9 Å². The minimum absolute atomic E-state index is 0.111. The van der Waals surface area contributed by atoms with Gasteiger partial charge in [0.25, 0.3) is 6.43 Å². The topological polar surface area (TPSA) is 60.7 Å². The first-order valence-electron chi connectivity index (χ1n) is 11.3. The van der Waals surface area contributed by atoms with E-state index in [4.69, 9.17) is 9.47 Å². The summed E-state index contributed by atoms with van der Waals surface area (Å²) in [4.78, 5) is 8.89. The molecule has 0 aliphatic rings. The highest BCUT2D eigenvalue weighted by Crippen LogP contribution is 2.37. The highest BCUT2D eigenvalue weighted by molar-refractivity contribution is 5.93. The minimum atomic E-state index is -2.91. The number of nitrogens with zero attached hydrogens (tertiary/aromatic N) is 3. The molecule has 0 spiro atoms. The van der Waals surface area contributed by atoms with Crippen LogP contribution < -0.4 is 14.8 Å². The van der Waals surface area contributed by atoms with Crippen LogP contribution in [0, 0.1) is 5.82 Å². The van der Waals surface area contributed by atoms with Gasteiger partial charge in [0.1, 0.15) is 18.2 Å². The first kappa shape index (κ1) is 23.5. The van der Waals surface area contributed by atoms with E-state index in [9.17, 15) is 13.2 Å². The predicted octanol–water partition coefficient (Wildman–Crippen LogP) is 6.72. The van der Waals surface area contributed by atoms with Crippen LogP contribution >= 0.6 is 0 Å². The van der Waals surface area contributed by atoms with Gasteiger partial charge in [-0.05, 0) is 18.6 Å². The van der Waals surface area contributed by atoms with Crippen molar-refractivity contribution >= 4 is 22.5 Å². The number of benzene rings is 3. The van der Waals surface area contributed by atoms with Crippen molar-refractivity contribution in [2.24, 2.45) is 0 Å². The molecule has 1 N–H and O–H groups in total. The summed E-state index contributed by atoms with van der Waals surface area (Å²) in [6.07, 6.45) is 0.481. The van der Waals surface area contributed by atoms with E-state index in [-0.39, 0.29) is 5.56 Å². The van der Waals surface area contributed by atoms with Gasteiger partial charge in [0, 0.05) is 29.4 Å². The van der Waals surface area contributed by atoms with Gasteiger partial charge in [-0.3, -0.25) is 4.40 Å². The van der Waals surface area contributed by atoms with E-state index < -0.39 is 23.8 Å². The van der Waals surface area contributed by atoms with Gasteiger partial charge in [0.2, 0.25) is 5.78 Å². The van der Waals surface area contributed by atoms with Gasteiger partial charge >= 0.3 is 0 Å². The predicted molar refractivity (Wildman–Crippen MR) is 131 cm³/mol. The summed E-state index contributed by atoms with van der Waals surface area (Å²) in [6.45, 7) is 2.02. The standard InChI is InChI=1S/C27H23F3N4O2/c1-16(18-9-6-10-19(24(18)28)25(29)30)32-26-20-13-23(36-15-17-7-4-3-5-8-17)22(35-2)14-21(20)34-12-11-31-27(34)33-26/h3-14,16,25H,15H2,1-2H3,(H,31,32,33)/t16-/m1/s1. The molecular weight excluding hydrogens is 469 g/mol. The summed E-state index contributed by atoms with van der Waals surface area (Å²) in [7, 11) is 1.56. The lowest BCUT2D eigenvalue weighted by molar-refractivity contribution is 0.146. The van der Waals surface area contributed by atoms with Gasteiger partial charge in [-0.2, -0.15) is 4.98 Å². The van der Waals surface area contributed by atoms with E-state index in [0.717, 1.165) is 17.1 Å². The second-order valence-corrected chi connectivity index (χ2v) is 8.27. The minimum Gasteiger partial charge on any atom is -0.493 e. The normalized spacial score (nSPS) is 12.3. The number of hydrogen-bond acceptors (Lipinski definition) is 5. The summed E-state index contributed by atoms with van der Waals surface area (Å²) in [5, 5.41) is 3.85. The Labute approximate surface area is 205 Å². The van der Waals surface area contributed by atoms with Crippen LogP contribution in [0.4, 0.5) is 19.0 Å². The number of methoxy groups -OCH3 is 1. The van der Waals surface area contributed by atoms with Crippen LogP contribution in [0.15, 0.2) is 73.1 Å². The summed E-state index contributed by atoms with van der Waals surface area (Å²) in [6, 6.07) is 16.7. The fraction of sp³-hybridized carbons (Fsp3) is 0.185. The van der Waals surface area contributed by atoms with Gasteiger partial charge in [-0.1, -0.05) is 48.5 Å². The van der Waals surface area contributed by atoms with E-state index in [1.165, 1.54) is 12.1 Å². The van der Waals surface area contributed by atoms with Crippen molar-refractivity contribution in [2.75, 3.05) is 12.4 Å². The Morgan fingerprint density at radius 2 is 1.78 bits per heavy atom. The lowest BCUT2D eigenvalue weighted by Crippen LogP contribution is -2.12. The second-order valence-electron chi connectivity index (χ2n) is 8.27. The largest absolute Gasteiger partial charge is 0.493 e. The third kappa shape index (κ3) is 4.39. The highest BCUT2D eigenvalue weighted by Gasteiger charge is 2.21. The maximum Gasteiger partial charge on any atom is 0.266 e. The lowest BCUT2D eigenvalue weighted by atomic mass is 10.0. The van der Waals surface area contributed by atoms with Crippen molar-refractivity contribution in [3.63, 3.8) is 0 Å². The zero-order chi connectivity index (χ0) is 25.2. The molecule has 5 rings (SSSR count). The third-order valence-electron chi connectivity index (χ3n) is 5.98. The molecule has 0 aliphatic heterocycles. The SMILES string of the molecule is COc1cc2c(cc1OCc1ccccc1)c(N[C@H](C)c1cccc(C(F)F)c1F)nc1nccn12. The Morgan fingerprint density at radius 3 is 2.53 bits per heavy atom. The lowest BCUT2D eigenvalue weighted by Gasteiger charge is -2.20. The zero-order valence-electron chi connectivity index (χ0n) is 19.6. The smallest absolute Gasteiger partial charge is 0.266 e. The average Bonchev–Trinajstić information content (AvgIpc) is 3.36. The number of halogens is 3. The molecule has 1 atom stereocenters. The quantitative estimate of drug-likeness (QED) is 0.261. The van der Waals surface area contributed by atoms with E-state index in [1.807, 2.05) is 36.4 Å². The van der Waals surface area contributed by atoms with Crippen LogP contribution in [-0.2, 0) is 6.61 Å². The van der Waals surface area contributed by atoms with Gasteiger partial charge < -0.3 is 14.8 Å². The Balaban J connectivity index is 1.57. The number of fused-ring (bicyclic) bond motifs is 3. The molecule has 36 heavy (non-hydrogen) atoms. The molecule has 0 saturated carbocycles. The van der Waals surface area contributed by atoms with Gasteiger partial charge in [-0.15, -0.1) is 0 Å². The third-order valence-corrected chi connectivity index (χ3v) is 5.98. The van der Waals surface area contributed by atoms with Crippen LogP contribution in [0.2, 0.25) is 0 Å². The molecule has 0 aliphatic carbocycles. The molecule has 0 radical (unpaired) electrons. The molecule has 2 heterocycles. The number of aromatic nitrogens is 3. The summed E-state index contributed by atoms with van der Waals surface area (Å²) in [5.41, 5.74) is 1.20. The van der Waals surface area contributed by atoms with Crippen molar-refractivity contribution < 1.29 is 22.6 Å². The van der Waals surface area contributed by atoms with Crippen molar-refractivity contribution in [1.29, 1.82) is 0 Å². The maximum absolute atomic E-state index is 14.8. The number of imidazole rings is 1. The van der Waals surface area contributed by atoms with Gasteiger partial charge in [0.15, 0.2) is 11.5 Å². The van der Waals surface area contributed by atoms with Crippen molar-refractivity contribution in [1.82, 2.24) is 14.4 Å². The number of rotatable bonds is 8. The molecular formula is C27H23F3N4O2. The first-order valence-corrected chi connectivity index (χ1v) is 11.3. The average molecular weight is 493 g/mol. The summed E-state index contributed by atoms with van der Waals surface area (Å²) >= 11 is 0. The van der Waals surface area contributed by atoms with Gasteiger partial charge in [0.05, 0.1) is 24.2 Å². The summed E-state index contributed by atoms with van der Waals surface area (Å²) in [5.74, 6) is 0.905. The fourth-order valence-corrected chi connectivity index (χ4v) is 4.14. The fourth-order valence-electron chi connectivity index (χ4n) is 4.14. The molecule has 9 heteroatoms.